The molecule has 0 aliphatic carbocycles. The van der Waals surface area contributed by atoms with Crippen molar-refractivity contribution in [2.45, 2.75) is 65.1 Å². The Morgan fingerprint density at radius 3 is 2.57 bits per heavy atom. The fourth-order valence-corrected chi connectivity index (χ4v) is 2.97. The summed E-state index contributed by atoms with van der Waals surface area (Å²) in [5.41, 5.74) is 1.07. The van der Waals surface area contributed by atoms with Gasteiger partial charge in [-0.15, -0.1) is 0 Å². The van der Waals surface area contributed by atoms with Crippen LogP contribution in [-0.4, -0.2) is 35.5 Å². The fourth-order valence-electron chi connectivity index (χ4n) is 2.97. The predicted octanol–water partition coefficient (Wildman–Crippen LogP) is 3.53. The number of benzene rings is 1. The molecule has 128 valence electrons. The lowest BCUT2D eigenvalue weighted by Crippen LogP contribution is -2.36. The number of amides is 1. The molecular weight excluding hydrogens is 288 g/mol. The second kappa shape index (κ2) is 7.35. The van der Waals surface area contributed by atoms with Crippen molar-refractivity contribution in [3.63, 3.8) is 0 Å². The van der Waals surface area contributed by atoms with Gasteiger partial charge in [0.2, 0.25) is 5.91 Å². The van der Waals surface area contributed by atoms with Gasteiger partial charge in [-0.3, -0.25) is 4.79 Å². The Kier molecular flexibility index (Phi) is 5.69. The predicted molar refractivity (Wildman–Crippen MR) is 93.6 cm³/mol. The highest BCUT2D eigenvalue weighted by atomic mass is 16.5. The molecule has 23 heavy (non-hydrogen) atoms. The Morgan fingerprint density at radius 1 is 1.35 bits per heavy atom. The summed E-state index contributed by atoms with van der Waals surface area (Å²) in [6, 6.07) is 8.93. The van der Waals surface area contributed by atoms with Gasteiger partial charge in [-0.05, 0) is 51.8 Å². The van der Waals surface area contributed by atoms with Gasteiger partial charge in [-0.1, -0.05) is 19.1 Å². The Labute approximate surface area is 140 Å². The number of carbonyl (C=O) groups is 1. The lowest BCUT2D eigenvalue weighted by atomic mass is 10.1. The van der Waals surface area contributed by atoms with Crippen LogP contribution < -0.4 is 10.1 Å². The van der Waals surface area contributed by atoms with E-state index in [1.165, 1.54) is 5.56 Å². The number of hydrogen-bond acceptors (Lipinski definition) is 3. The van der Waals surface area contributed by atoms with E-state index < -0.39 is 0 Å². The van der Waals surface area contributed by atoms with Gasteiger partial charge in [0.15, 0.2) is 0 Å². The van der Waals surface area contributed by atoms with E-state index in [0.717, 1.165) is 25.3 Å². The Morgan fingerprint density at radius 2 is 2.00 bits per heavy atom. The minimum absolute atomic E-state index is 0.176. The van der Waals surface area contributed by atoms with Gasteiger partial charge in [0.05, 0.1) is 0 Å². The van der Waals surface area contributed by atoms with E-state index in [9.17, 15) is 4.79 Å². The summed E-state index contributed by atoms with van der Waals surface area (Å²) < 4.78 is 5.86. The van der Waals surface area contributed by atoms with Crippen molar-refractivity contribution < 1.29 is 9.53 Å². The first-order valence-electron chi connectivity index (χ1n) is 8.61. The lowest BCUT2D eigenvalue weighted by molar-refractivity contribution is -0.129. The van der Waals surface area contributed by atoms with Crippen LogP contribution in [0.2, 0.25) is 0 Å². The molecule has 2 atom stereocenters. The number of likely N-dealkylation sites (tertiary alicyclic amines) is 1. The maximum absolute atomic E-state index is 11.8. The minimum Gasteiger partial charge on any atom is -0.488 e. The van der Waals surface area contributed by atoms with Gasteiger partial charge in [0.25, 0.3) is 0 Å². The smallest absolute Gasteiger partial charge is 0.222 e. The number of nitrogens with one attached hydrogen (secondary N) is 1. The molecule has 0 aromatic heterocycles. The first kappa shape index (κ1) is 17.8. The molecule has 0 bridgehead atoms. The highest BCUT2D eigenvalue weighted by Gasteiger charge is 2.26. The van der Waals surface area contributed by atoms with Crippen molar-refractivity contribution in [2.75, 3.05) is 13.1 Å². The summed E-state index contributed by atoms with van der Waals surface area (Å²) in [7, 11) is 0. The standard InChI is InChI=1S/C19H30N2O2/c1-6-18(22)21-12-11-16(13-21)20-14(2)15-7-9-17(10-8-15)23-19(3,4)5/h7-10,14,16,20H,6,11-13H2,1-5H3/t14-,16-/m1/s1. The second-order valence-electron chi connectivity index (χ2n) is 7.35. The molecule has 1 amide bonds. The van der Waals surface area contributed by atoms with Gasteiger partial charge >= 0.3 is 0 Å². The fraction of sp³-hybridized carbons (Fsp3) is 0.632. The third kappa shape index (κ3) is 5.24. The van der Waals surface area contributed by atoms with Crippen LogP contribution in [0.15, 0.2) is 24.3 Å². The summed E-state index contributed by atoms with van der Waals surface area (Å²) in [6.45, 7) is 11.9. The summed E-state index contributed by atoms with van der Waals surface area (Å²) in [5.74, 6) is 1.15. The van der Waals surface area contributed by atoms with Gasteiger partial charge in [0.1, 0.15) is 11.4 Å². The van der Waals surface area contributed by atoms with Crippen LogP contribution >= 0.6 is 0 Å². The van der Waals surface area contributed by atoms with Crippen LogP contribution in [-0.2, 0) is 4.79 Å². The normalized spacial score (nSPS) is 19.7. The zero-order valence-electron chi connectivity index (χ0n) is 15.1. The molecular formula is C19H30N2O2. The Balaban J connectivity index is 1.89. The van der Waals surface area contributed by atoms with Crippen LogP contribution in [0, 0.1) is 0 Å². The number of rotatable bonds is 5. The van der Waals surface area contributed by atoms with Gasteiger partial charge in [-0.2, -0.15) is 0 Å². The summed E-state index contributed by atoms with van der Waals surface area (Å²) >= 11 is 0. The van der Waals surface area contributed by atoms with Crippen LogP contribution in [0.5, 0.6) is 5.75 Å². The molecule has 1 aromatic carbocycles. The molecule has 4 nitrogen and oxygen atoms in total. The van der Waals surface area contributed by atoms with Gasteiger partial charge in [0, 0.05) is 31.6 Å². The van der Waals surface area contributed by atoms with E-state index in [1.54, 1.807) is 0 Å². The monoisotopic (exact) mass is 318 g/mol. The quantitative estimate of drug-likeness (QED) is 0.903. The average molecular weight is 318 g/mol. The topological polar surface area (TPSA) is 41.6 Å². The molecule has 0 unspecified atom stereocenters. The third-order valence-electron chi connectivity index (χ3n) is 4.13. The van der Waals surface area contributed by atoms with Crippen molar-refractivity contribution in [3.05, 3.63) is 29.8 Å². The first-order valence-corrected chi connectivity index (χ1v) is 8.61. The molecule has 1 saturated heterocycles. The molecule has 1 aromatic rings. The molecule has 0 spiro atoms. The number of carbonyl (C=O) groups excluding carboxylic acids is 1. The highest BCUT2D eigenvalue weighted by molar-refractivity contribution is 5.76. The van der Waals surface area contributed by atoms with E-state index in [0.29, 0.717) is 12.5 Å². The van der Waals surface area contributed by atoms with Crippen LogP contribution in [0.4, 0.5) is 0 Å². The molecule has 2 rings (SSSR count). The summed E-state index contributed by atoms with van der Waals surface area (Å²) in [5, 5.41) is 3.64. The van der Waals surface area contributed by atoms with Crippen LogP contribution in [0.1, 0.15) is 59.1 Å². The number of ether oxygens (including phenoxy) is 1. The molecule has 1 fully saturated rings. The van der Waals surface area contributed by atoms with Crippen LogP contribution in [0.3, 0.4) is 0 Å². The van der Waals surface area contributed by atoms with Crippen molar-refractivity contribution in [1.29, 1.82) is 0 Å². The Hall–Kier alpha value is -1.55. The molecule has 4 heteroatoms. The summed E-state index contributed by atoms with van der Waals surface area (Å²) in [6.07, 6.45) is 1.62. The molecule has 1 heterocycles. The molecule has 0 saturated carbocycles. The van der Waals surface area contributed by atoms with Crippen molar-refractivity contribution >= 4 is 5.91 Å². The van der Waals surface area contributed by atoms with Crippen molar-refractivity contribution in [2.24, 2.45) is 0 Å². The largest absolute Gasteiger partial charge is 0.488 e. The molecule has 1 aliphatic rings. The first-order chi connectivity index (χ1) is 10.8. The van der Waals surface area contributed by atoms with E-state index in [4.69, 9.17) is 4.74 Å². The maximum Gasteiger partial charge on any atom is 0.222 e. The van der Waals surface area contributed by atoms with Gasteiger partial charge < -0.3 is 15.0 Å². The zero-order chi connectivity index (χ0) is 17.0. The lowest BCUT2D eigenvalue weighted by Gasteiger charge is -2.23. The van der Waals surface area contributed by atoms with E-state index in [-0.39, 0.29) is 17.6 Å². The molecule has 1 aliphatic heterocycles. The summed E-state index contributed by atoms with van der Waals surface area (Å²) in [4.78, 5) is 13.7. The number of nitrogens with zero attached hydrogens (tertiary/aromatic N) is 1. The van der Waals surface area contributed by atoms with Gasteiger partial charge in [-0.25, -0.2) is 0 Å². The molecule has 1 N–H and O–H groups in total. The highest BCUT2D eigenvalue weighted by Crippen LogP contribution is 2.22. The zero-order valence-corrected chi connectivity index (χ0v) is 15.1. The third-order valence-corrected chi connectivity index (χ3v) is 4.13. The SMILES string of the molecule is CCC(=O)N1CC[C@@H](N[C@H](C)c2ccc(OC(C)(C)C)cc2)C1. The minimum atomic E-state index is -0.176. The van der Waals surface area contributed by atoms with Crippen LogP contribution in [0.25, 0.3) is 0 Å². The van der Waals surface area contributed by atoms with E-state index in [2.05, 4.69) is 45.1 Å². The maximum atomic E-state index is 11.8. The average Bonchev–Trinajstić information content (AvgIpc) is 2.94. The number of hydrogen-bond donors (Lipinski definition) is 1. The van der Waals surface area contributed by atoms with E-state index >= 15 is 0 Å². The molecule has 0 radical (unpaired) electrons. The van der Waals surface area contributed by atoms with Crippen molar-refractivity contribution in [1.82, 2.24) is 10.2 Å². The van der Waals surface area contributed by atoms with Crippen molar-refractivity contribution in [3.8, 4) is 5.75 Å². The second-order valence-corrected chi connectivity index (χ2v) is 7.35. The Bertz CT molecular complexity index is 519. The van der Waals surface area contributed by atoms with E-state index in [1.807, 2.05) is 24.0 Å².